The van der Waals surface area contributed by atoms with Crippen LogP contribution >= 0.6 is 0 Å². The molecule has 0 radical (unpaired) electrons. The Balaban J connectivity index is 4.03. The number of carbonyl (C=O) groups is 1. The summed E-state index contributed by atoms with van der Waals surface area (Å²) in [6, 6.07) is -0.881. The van der Waals surface area contributed by atoms with E-state index < -0.39 is 24.9 Å². The number of rotatable bonds is 4. The van der Waals surface area contributed by atoms with Crippen LogP contribution in [-0.2, 0) is 4.79 Å². The highest BCUT2D eigenvalue weighted by Gasteiger charge is 2.19. The van der Waals surface area contributed by atoms with E-state index in [0.29, 0.717) is 0 Å². The number of likely N-dealkylation sites (N-methyl/N-ethyl adjacent to an activating group) is 1. The third-order valence-electron chi connectivity index (χ3n) is 1.44. The van der Waals surface area contributed by atoms with E-state index in [-0.39, 0.29) is 6.42 Å². The molecule has 0 aliphatic rings. The first kappa shape index (κ1) is 11.8. The van der Waals surface area contributed by atoms with Crippen molar-refractivity contribution in [3.05, 3.63) is 0 Å². The van der Waals surface area contributed by atoms with Crippen molar-refractivity contribution in [1.82, 2.24) is 4.90 Å². The molecule has 0 spiro atoms. The van der Waals surface area contributed by atoms with Crippen LogP contribution in [0.1, 0.15) is 6.42 Å². The number of amides is 1. The van der Waals surface area contributed by atoms with E-state index in [1.54, 1.807) is 0 Å². The molecule has 0 aromatic heterocycles. The molecule has 0 aliphatic carbocycles. The second-order valence-corrected chi connectivity index (χ2v) is 2.62. The first-order chi connectivity index (χ1) is 5.99. The Morgan fingerprint density at radius 3 is 2.62 bits per heavy atom. The Hall–Kier alpha value is -1.15. The van der Waals surface area contributed by atoms with Crippen LogP contribution in [0.15, 0.2) is 0 Å². The summed E-state index contributed by atoms with van der Waals surface area (Å²) in [5, 5.41) is 0. The van der Waals surface area contributed by atoms with Gasteiger partial charge < -0.3 is 10.6 Å². The number of nitrogens with two attached hydrogens (primary N) is 1. The van der Waals surface area contributed by atoms with Crippen LogP contribution in [0.5, 0.6) is 0 Å². The molecular weight excluding hydrogens is 178 g/mol. The number of hydrogen-bond donors (Lipinski definition) is 1. The van der Waals surface area contributed by atoms with E-state index in [0.717, 1.165) is 4.90 Å². The Labute approximate surface area is 75.9 Å². The van der Waals surface area contributed by atoms with Crippen LogP contribution in [0, 0.1) is 12.3 Å². The molecule has 2 N–H and O–H groups in total. The van der Waals surface area contributed by atoms with Crippen molar-refractivity contribution in [2.24, 2.45) is 5.73 Å². The minimum absolute atomic E-state index is 0.0619. The molecule has 0 aromatic carbocycles. The highest BCUT2D eigenvalue weighted by Crippen LogP contribution is 1.99. The largest absolute Gasteiger partial charge is 0.339 e. The number of nitrogens with zero attached hydrogens (tertiary/aromatic N) is 1. The summed E-state index contributed by atoms with van der Waals surface area (Å²) in [7, 11) is 1.27. The summed E-state index contributed by atoms with van der Waals surface area (Å²) >= 11 is 0. The number of terminal acetylenes is 1. The summed E-state index contributed by atoms with van der Waals surface area (Å²) in [5.41, 5.74) is 5.33. The lowest BCUT2D eigenvalue weighted by Gasteiger charge is -2.19. The zero-order valence-electron chi connectivity index (χ0n) is 7.34. The molecule has 0 aromatic rings. The van der Waals surface area contributed by atoms with Crippen LogP contribution in [-0.4, -0.2) is 36.9 Å². The fourth-order valence-corrected chi connectivity index (χ4v) is 0.794. The molecule has 74 valence electrons. The van der Waals surface area contributed by atoms with Crippen molar-refractivity contribution in [2.75, 3.05) is 13.6 Å². The van der Waals surface area contributed by atoms with E-state index >= 15 is 0 Å². The molecule has 0 bridgehead atoms. The third-order valence-corrected chi connectivity index (χ3v) is 1.44. The van der Waals surface area contributed by atoms with Crippen molar-refractivity contribution in [3.8, 4) is 12.3 Å². The zero-order valence-corrected chi connectivity index (χ0v) is 7.34. The van der Waals surface area contributed by atoms with Crippen LogP contribution in [0.3, 0.4) is 0 Å². The average Bonchev–Trinajstić information content (AvgIpc) is 2.02. The minimum atomic E-state index is -2.55. The molecule has 13 heavy (non-hydrogen) atoms. The van der Waals surface area contributed by atoms with Crippen LogP contribution in [0.2, 0.25) is 0 Å². The standard InChI is InChI=1S/C8H12F2N2O/c1-3-4-6(11)8(13)12(2)5-7(9)10/h1,6-7H,4-5,11H2,2H3. The van der Waals surface area contributed by atoms with E-state index in [4.69, 9.17) is 12.2 Å². The fraction of sp³-hybridized carbons (Fsp3) is 0.625. The number of alkyl halides is 2. The van der Waals surface area contributed by atoms with Gasteiger partial charge in [0.05, 0.1) is 12.6 Å². The molecule has 1 amide bonds. The summed E-state index contributed by atoms with van der Waals surface area (Å²) in [6.07, 6.45) is 2.43. The summed E-state index contributed by atoms with van der Waals surface area (Å²) in [4.78, 5) is 12.0. The van der Waals surface area contributed by atoms with Gasteiger partial charge in [-0.3, -0.25) is 4.79 Å². The molecule has 3 nitrogen and oxygen atoms in total. The summed E-state index contributed by atoms with van der Waals surface area (Å²) in [5.74, 6) is 1.64. The zero-order chi connectivity index (χ0) is 10.4. The van der Waals surface area contributed by atoms with Gasteiger partial charge in [-0.2, -0.15) is 0 Å². The van der Waals surface area contributed by atoms with Crippen molar-refractivity contribution in [1.29, 1.82) is 0 Å². The molecule has 0 fully saturated rings. The number of halogens is 2. The lowest BCUT2D eigenvalue weighted by atomic mass is 10.2. The van der Waals surface area contributed by atoms with Gasteiger partial charge in [-0.25, -0.2) is 8.78 Å². The van der Waals surface area contributed by atoms with Crippen LogP contribution in [0.25, 0.3) is 0 Å². The van der Waals surface area contributed by atoms with Crippen LogP contribution < -0.4 is 5.73 Å². The Bertz CT molecular complexity index is 213. The lowest BCUT2D eigenvalue weighted by molar-refractivity contribution is -0.132. The van der Waals surface area contributed by atoms with Crippen molar-refractivity contribution in [2.45, 2.75) is 18.9 Å². The van der Waals surface area contributed by atoms with E-state index in [1.807, 2.05) is 0 Å². The van der Waals surface area contributed by atoms with Gasteiger partial charge in [0.2, 0.25) is 5.91 Å². The normalized spacial score (nSPS) is 12.3. The Kier molecular flexibility index (Phi) is 5.00. The highest BCUT2D eigenvalue weighted by atomic mass is 19.3. The van der Waals surface area contributed by atoms with Gasteiger partial charge in [0, 0.05) is 13.5 Å². The molecule has 1 unspecified atom stereocenters. The molecular formula is C8H12F2N2O. The topological polar surface area (TPSA) is 46.3 Å². The minimum Gasteiger partial charge on any atom is -0.339 e. The first-order valence-corrected chi connectivity index (χ1v) is 3.71. The van der Waals surface area contributed by atoms with Crippen molar-refractivity contribution < 1.29 is 13.6 Å². The smallest absolute Gasteiger partial charge is 0.255 e. The monoisotopic (exact) mass is 190 g/mol. The Morgan fingerprint density at radius 1 is 1.69 bits per heavy atom. The highest BCUT2D eigenvalue weighted by molar-refractivity contribution is 5.81. The van der Waals surface area contributed by atoms with Crippen LogP contribution in [0.4, 0.5) is 8.78 Å². The molecule has 0 saturated carbocycles. The maximum atomic E-state index is 11.8. The number of carbonyl (C=O) groups excluding carboxylic acids is 1. The summed E-state index contributed by atoms with van der Waals surface area (Å²) < 4.78 is 23.6. The fourth-order valence-electron chi connectivity index (χ4n) is 0.794. The third kappa shape index (κ3) is 4.43. The maximum Gasteiger partial charge on any atom is 0.255 e. The van der Waals surface area contributed by atoms with E-state index in [2.05, 4.69) is 5.92 Å². The predicted octanol–water partition coefficient (Wildman–Crippen LogP) is 0.0605. The van der Waals surface area contributed by atoms with Gasteiger partial charge in [0.1, 0.15) is 0 Å². The van der Waals surface area contributed by atoms with Gasteiger partial charge >= 0.3 is 0 Å². The lowest BCUT2D eigenvalue weighted by Crippen LogP contribution is -2.43. The first-order valence-electron chi connectivity index (χ1n) is 3.71. The molecule has 0 heterocycles. The SMILES string of the molecule is C#CCC(N)C(=O)N(C)CC(F)F. The van der Waals surface area contributed by atoms with Gasteiger partial charge in [0.15, 0.2) is 0 Å². The van der Waals surface area contributed by atoms with Gasteiger partial charge in [0.25, 0.3) is 6.43 Å². The summed E-state index contributed by atoms with van der Waals surface area (Å²) in [6.45, 7) is -0.614. The number of hydrogen-bond acceptors (Lipinski definition) is 2. The van der Waals surface area contributed by atoms with Crippen molar-refractivity contribution in [3.63, 3.8) is 0 Å². The maximum absolute atomic E-state index is 11.8. The second-order valence-electron chi connectivity index (χ2n) is 2.62. The van der Waals surface area contributed by atoms with Gasteiger partial charge in [-0.15, -0.1) is 12.3 Å². The van der Waals surface area contributed by atoms with Gasteiger partial charge in [-0.1, -0.05) is 0 Å². The molecule has 0 aliphatic heterocycles. The van der Waals surface area contributed by atoms with E-state index in [9.17, 15) is 13.6 Å². The average molecular weight is 190 g/mol. The van der Waals surface area contributed by atoms with E-state index in [1.165, 1.54) is 7.05 Å². The Morgan fingerprint density at radius 2 is 2.23 bits per heavy atom. The molecule has 0 rings (SSSR count). The quantitative estimate of drug-likeness (QED) is 0.637. The molecule has 1 atom stereocenters. The van der Waals surface area contributed by atoms with Crippen molar-refractivity contribution >= 4 is 5.91 Å². The predicted molar refractivity (Wildman–Crippen MR) is 45.1 cm³/mol. The molecule has 0 saturated heterocycles. The van der Waals surface area contributed by atoms with Gasteiger partial charge in [-0.05, 0) is 0 Å². The second kappa shape index (κ2) is 5.49. The molecule has 5 heteroatoms.